The Balaban J connectivity index is 0.000000374. The van der Waals surface area contributed by atoms with Gasteiger partial charge in [-0.3, -0.25) is 4.90 Å². The molecule has 3 fully saturated rings. The zero-order valence-corrected chi connectivity index (χ0v) is 34.4. The molecule has 0 spiro atoms. The van der Waals surface area contributed by atoms with Gasteiger partial charge in [-0.2, -0.15) is 13.2 Å². The highest BCUT2D eigenvalue weighted by molar-refractivity contribution is 7.99. The Morgan fingerprint density at radius 1 is 0.907 bits per heavy atom. The van der Waals surface area contributed by atoms with Crippen LogP contribution in [-0.4, -0.2) is 153 Å². The van der Waals surface area contributed by atoms with Gasteiger partial charge in [0.25, 0.3) is 0 Å². The van der Waals surface area contributed by atoms with Gasteiger partial charge in [0.15, 0.2) is 12.1 Å². The van der Waals surface area contributed by atoms with Crippen molar-refractivity contribution in [3.8, 4) is 0 Å². The van der Waals surface area contributed by atoms with E-state index < -0.39 is 42.1 Å². The molecule has 0 radical (unpaired) electrons. The van der Waals surface area contributed by atoms with E-state index in [-0.39, 0.29) is 56.5 Å². The Bertz CT molecular complexity index is 1420. The van der Waals surface area contributed by atoms with Gasteiger partial charge in [-0.15, -0.1) is 37.2 Å². The van der Waals surface area contributed by atoms with Gasteiger partial charge < -0.3 is 49.0 Å². The fraction of sp³-hybridized carbons (Fsp3) is 0.667. The number of hydrogen-bond acceptors (Lipinski definition) is 12. The fourth-order valence-corrected chi connectivity index (χ4v) is 7.86. The number of benzene rings is 2. The Labute approximate surface area is 339 Å². The predicted molar refractivity (Wildman–Crippen MR) is 210 cm³/mol. The van der Waals surface area contributed by atoms with Crippen molar-refractivity contribution in [3.63, 3.8) is 0 Å². The number of halogens is 6. The third-order valence-corrected chi connectivity index (χ3v) is 10.5. The molecule has 4 heterocycles. The predicted octanol–water partition coefficient (Wildman–Crippen LogP) is 5.13. The van der Waals surface area contributed by atoms with Crippen LogP contribution in [0.4, 0.5) is 24.5 Å². The number of alkyl halides is 3. The lowest BCUT2D eigenvalue weighted by Crippen LogP contribution is -2.47. The number of rotatable bonds is 13. The fourth-order valence-electron chi connectivity index (χ4n) is 6.78. The molecule has 0 aliphatic carbocycles. The number of aliphatic hydroxyl groups excluding tert-OH is 3. The van der Waals surface area contributed by atoms with E-state index in [0.717, 1.165) is 67.6 Å². The molecule has 0 saturated carbocycles. The minimum atomic E-state index is -4.35. The average molecular weight is 852 g/mol. The minimum Gasteiger partial charge on any atom is -0.395 e. The van der Waals surface area contributed by atoms with Crippen LogP contribution in [0.15, 0.2) is 52.3 Å². The van der Waals surface area contributed by atoms with Crippen molar-refractivity contribution in [3.05, 3.63) is 48.0 Å². The molecule has 6 rings (SSSR count). The summed E-state index contributed by atoms with van der Waals surface area (Å²) in [6.45, 7) is 11.0. The first-order valence-corrected chi connectivity index (χ1v) is 18.5. The maximum atomic E-state index is 13.3. The third kappa shape index (κ3) is 12.9. The number of fused-ring (bicyclic) bond motifs is 3. The van der Waals surface area contributed by atoms with Gasteiger partial charge in [0.05, 0.1) is 30.2 Å². The Kier molecular flexibility index (Phi) is 20.1. The molecule has 3 saturated heterocycles. The second-order valence-corrected chi connectivity index (χ2v) is 15.1. The lowest BCUT2D eigenvalue weighted by atomic mass is 10.1. The number of ether oxygens (including phenoxy) is 4. The topological polar surface area (TPSA) is 111 Å². The molecule has 2 aromatic carbocycles. The molecular formula is C36H56Cl3F3N4O7S. The molecule has 5 unspecified atom stereocenters. The SMILES string of the molecule is CN(C)CCCOC1C(C(O)CO)OC2OC(C)(C)OC21.Cl.Cl.Cl.OCCN1CCN(CCCN2c3ccccc3Sc3ccc(C(F)(F)F)cc32)CC1. The molecule has 11 nitrogen and oxygen atoms in total. The van der Waals surface area contributed by atoms with Crippen molar-refractivity contribution in [2.75, 3.05) is 91.2 Å². The lowest BCUT2D eigenvalue weighted by molar-refractivity contribution is -0.231. The van der Waals surface area contributed by atoms with Crippen molar-refractivity contribution in [2.45, 2.75) is 79.1 Å². The van der Waals surface area contributed by atoms with Crippen LogP contribution in [0.3, 0.4) is 0 Å². The highest BCUT2D eigenvalue weighted by Gasteiger charge is 2.57. The van der Waals surface area contributed by atoms with Crippen molar-refractivity contribution >= 4 is 60.4 Å². The van der Waals surface area contributed by atoms with Crippen molar-refractivity contribution < 1.29 is 47.4 Å². The van der Waals surface area contributed by atoms with Crippen LogP contribution in [0.25, 0.3) is 0 Å². The van der Waals surface area contributed by atoms with Gasteiger partial charge in [-0.05, 0) is 84.2 Å². The van der Waals surface area contributed by atoms with Gasteiger partial charge in [0, 0.05) is 55.7 Å². The molecule has 2 aromatic rings. The van der Waals surface area contributed by atoms with Crippen molar-refractivity contribution in [2.24, 2.45) is 0 Å². The molecule has 0 amide bonds. The largest absolute Gasteiger partial charge is 0.416 e. The van der Waals surface area contributed by atoms with E-state index in [4.69, 9.17) is 29.2 Å². The molecule has 4 aliphatic rings. The molecule has 0 bridgehead atoms. The maximum absolute atomic E-state index is 13.3. The number of β-amino-alcohol motifs (C(OH)–C–C–N with tert-alkyl or cyclic N) is 1. The van der Waals surface area contributed by atoms with E-state index in [2.05, 4.69) is 14.7 Å². The van der Waals surface area contributed by atoms with Gasteiger partial charge in [0.2, 0.25) is 0 Å². The minimum absolute atomic E-state index is 0. The van der Waals surface area contributed by atoms with Crippen LogP contribution in [0.5, 0.6) is 0 Å². The average Bonchev–Trinajstić information content (AvgIpc) is 3.57. The first-order chi connectivity index (χ1) is 24.3. The van der Waals surface area contributed by atoms with E-state index in [1.165, 1.54) is 23.9 Å². The summed E-state index contributed by atoms with van der Waals surface area (Å²) in [7, 11) is 4.01. The van der Waals surface area contributed by atoms with Crippen LogP contribution in [0, 0.1) is 0 Å². The smallest absolute Gasteiger partial charge is 0.395 e. The van der Waals surface area contributed by atoms with Crippen molar-refractivity contribution in [1.82, 2.24) is 14.7 Å². The van der Waals surface area contributed by atoms with Gasteiger partial charge in [-0.1, -0.05) is 23.9 Å². The molecule has 310 valence electrons. The number of aliphatic hydroxyl groups is 3. The summed E-state index contributed by atoms with van der Waals surface area (Å²) in [4.78, 5) is 10.7. The monoisotopic (exact) mass is 850 g/mol. The molecular weight excluding hydrogens is 796 g/mol. The zero-order valence-electron chi connectivity index (χ0n) is 31.2. The van der Waals surface area contributed by atoms with Crippen molar-refractivity contribution in [1.29, 1.82) is 0 Å². The van der Waals surface area contributed by atoms with E-state index in [9.17, 15) is 18.3 Å². The standard InChI is InChI=1S/C22H26F3N3OS.C14H27NO6.3ClH/c23-22(24,25)17-6-7-21-19(16-17)28(18-4-1-2-5-20(18)30-21)9-3-8-26-10-12-27(13-11-26)14-15-29;1-14(2)20-12-11(18-7-5-6-15(3)4)10(9(17)8-16)19-13(12)21-14;;;/h1-2,4-7,16,29H,3,8-15H2;9-13,16-17H,5-8H2,1-4H3;3*1H. The zero-order chi connectivity index (χ0) is 36.8. The first-order valence-electron chi connectivity index (χ1n) is 17.7. The van der Waals surface area contributed by atoms with Crippen LogP contribution >= 0.6 is 49.0 Å². The number of anilines is 2. The maximum Gasteiger partial charge on any atom is 0.416 e. The molecule has 0 aromatic heterocycles. The van der Waals surface area contributed by atoms with Gasteiger partial charge in [-0.25, -0.2) is 0 Å². The normalized spacial score (nSPS) is 23.9. The van der Waals surface area contributed by atoms with E-state index in [1.807, 2.05) is 57.1 Å². The van der Waals surface area contributed by atoms with Crippen LogP contribution in [0.2, 0.25) is 0 Å². The first kappa shape index (κ1) is 49.0. The lowest BCUT2D eigenvalue weighted by Gasteiger charge is -2.36. The molecule has 54 heavy (non-hydrogen) atoms. The van der Waals surface area contributed by atoms with Crippen LogP contribution in [0.1, 0.15) is 32.3 Å². The highest BCUT2D eigenvalue weighted by Crippen LogP contribution is 2.49. The Hall–Kier alpha value is -1.15. The number of hydrogen-bond donors (Lipinski definition) is 3. The van der Waals surface area contributed by atoms with E-state index in [0.29, 0.717) is 25.4 Å². The molecule has 3 N–H and O–H groups in total. The summed E-state index contributed by atoms with van der Waals surface area (Å²) in [5, 5.41) is 28.1. The van der Waals surface area contributed by atoms with Gasteiger partial charge in [0.1, 0.15) is 24.4 Å². The molecule has 4 aliphatic heterocycles. The van der Waals surface area contributed by atoms with E-state index in [1.54, 1.807) is 6.07 Å². The number of para-hydroxylation sites is 1. The van der Waals surface area contributed by atoms with Gasteiger partial charge >= 0.3 is 6.18 Å². The quantitative estimate of drug-likeness (QED) is 0.233. The second kappa shape index (κ2) is 22.1. The summed E-state index contributed by atoms with van der Waals surface area (Å²) >= 11 is 1.53. The third-order valence-electron chi connectivity index (χ3n) is 9.34. The summed E-state index contributed by atoms with van der Waals surface area (Å²) in [5.41, 5.74) is 1.01. The number of piperazine rings is 1. The van der Waals surface area contributed by atoms with E-state index >= 15 is 0 Å². The molecule has 18 heteroatoms. The Morgan fingerprint density at radius 2 is 1.56 bits per heavy atom. The molecule has 5 atom stereocenters. The summed E-state index contributed by atoms with van der Waals surface area (Å²) in [6.07, 6.45) is -5.65. The van der Waals surface area contributed by atoms with Crippen LogP contribution in [-0.2, 0) is 25.1 Å². The second-order valence-electron chi connectivity index (χ2n) is 14.0. The summed E-state index contributed by atoms with van der Waals surface area (Å²) < 4.78 is 62.9. The summed E-state index contributed by atoms with van der Waals surface area (Å²) in [5.74, 6) is -0.726. The Morgan fingerprint density at radius 3 is 2.19 bits per heavy atom. The number of nitrogens with zero attached hydrogens (tertiary/aromatic N) is 4. The highest BCUT2D eigenvalue weighted by atomic mass is 35.5. The van der Waals surface area contributed by atoms with Crippen LogP contribution < -0.4 is 4.90 Å². The summed E-state index contributed by atoms with van der Waals surface area (Å²) in [6, 6.07) is 11.9.